The molecule has 1 amide bonds. The van der Waals surface area contributed by atoms with Crippen LogP contribution in [0.15, 0.2) is 24.3 Å². The first kappa shape index (κ1) is 11.0. The van der Waals surface area contributed by atoms with Crippen molar-refractivity contribution in [2.45, 2.75) is 13.0 Å². The van der Waals surface area contributed by atoms with E-state index in [1.54, 1.807) is 0 Å². The first-order valence-corrected chi connectivity index (χ1v) is 5.51. The summed E-state index contributed by atoms with van der Waals surface area (Å²) >= 11 is 0. The van der Waals surface area contributed by atoms with Crippen LogP contribution in [0.5, 0.6) is 0 Å². The van der Waals surface area contributed by atoms with Crippen molar-refractivity contribution in [1.29, 1.82) is 0 Å². The number of anilines is 1. The molecular formula is C12H17N3O. The van der Waals surface area contributed by atoms with Crippen LogP contribution >= 0.6 is 0 Å². The number of amides is 1. The average molecular weight is 219 g/mol. The molecule has 1 aliphatic heterocycles. The molecule has 86 valence electrons. The SMILES string of the molecule is NC(=O)C1CCN(Cc2ccc(N)cc2)C1. The lowest BCUT2D eigenvalue weighted by atomic mass is 10.1. The molecule has 4 heteroatoms. The molecule has 0 saturated carbocycles. The minimum Gasteiger partial charge on any atom is -0.399 e. The topological polar surface area (TPSA) is 72.4 Å². The van der Waals surface area contributed by atoms with Crippen molar-refractivity contribution in [2.24, 2.45) is 11.7 Å². The van der Waals surface area contributed by atoms with Gasteiger partial charge in [-0.3, -0.25) is 9.69 Å². The molecule has 1 saturated heterocycles. The highest BCUT2D eigenvalue weighted by atomic mass is 16.1. The molecule has 1 aromatic carbocycles. The van der Waals surface area contributed by atoms with Gasteiger partial charge < -0.3 is 11.5 Å². The Bertz CT molecular complexity index is 374. The Morgan fingerprint density at radius 3 is 2.62 bits per heavy atom. The molecule has 1 atom stereocenters. The summed E-state index contributed by atoms with van der Waals surface area (Å²) in [7, 11) is 0. The molecule has 4 nitrogen and oxygen atoms in total. The van der Waals surface area contributed by atoms with E-state index >= 15 is 0 Å². The quantitative estimate of drug-likeness (QED) is 0.730. The van der Waals surface area contributed by atoms with Gasteiger partial charge in [0.15, 0.2) is 0 Å². The smallest absolute Gasteiger partial charge is 0.221 e. The average Bonchev–Trinajstić information content (AvgIpc) is 2.70. The third-order valence-corrected chi connectivity index (χ3v) is 3.06. The molecule has 1 unspecified atom stereocenters. The van der Waals surface area contributed by atoms with Gasteiger partial charge in [0, 0.05) is 18.8 Å². The molecular weight excluding hydrogens is 202 g/mol. The Morgan fingerprint density at radius 1 is 1.38 bits per heavy atom. The Kier molecular flexibility index (Phi) is 3.10. The number of nitrogens with two attached hydrogens (primary N) is 2. The van der Waals surface area contributed by atoms with Crippen LogP contribution < -0.4 is 11.5 Å². The largest absolute Gasteiger partial charge is 0.399 e. The van der Waals surface area contributed by atoms with Crippen LogP contribution in [-0.2, 0) is 11.3 Å². The molecule has 0 bridgehead atoms. The maximum absolute atomic E-state index is 11.0. The summed E-state index contributed by atoms with van der Waals surface area (Å²) in [5.41, 5.74) is 12.9. The van der Waals surface area contributed by atoms with Crippen LogP contribution in [0.25, 0.3) is 0 Å². The number of primary amides is 1. The molecule has 0 aromatic heterocycles. The fourth-order valence-electron chi connectivity index (χ4n) is 2.09. The second-order valence-corrected chi connectivity index (χ2v) is 4.36. The van der Waals surface area contributed by atoms with Crippen LogP contribution in [0.4, 0.5) is 5.69 Å². The molecule has 0 spiro atoms. The Labute approximate surface area is 95.2 Å². The van der Waals surface area contributed by atoms with Crippen LogP contribution in [0, 0.1) is 5.92 Å². The van der Waals surface area contributed by atoms with E-state index in [0.29, 0.717) is 0 Å². The van der Waals surface area contributed by atoms with Crippen molar-refractivity contribution in [3.63, 3.8) is 0 Å². The molecule has 4 N–H and O–H groups in total. The molecule has 1 fully saturated rings. The van der Waals surface area contributed by atoms with E-state index < -0.39 is 0 Å². The zero-order valence-corrected chi connectivity index (χ0v) is 9.23. The lowest BCUT2D eigenvalue weighted by Gasteiger charge is -2.15. The number of carbonyl (C=O) groups is 1. The number of hydrogen-bond acceptors (Lipinski definition) is 3. The minimum absolute atomic E-state index is 0.0220. The summed E-state index contributed by atoms with van der Waals surface area (Å²) in [4.78, 5) is 13.3. The standard InChI is InChI=1S/C12H17N3O/c13-11-3-1-9(2-4-11)7-15-6-5-10(8-15)12(14)16/h1-4,10H,5-8,13H2,(H2,14,16). The molecule has 1 heterocycles. The van der Waals surface area contributed by atoms with Gasteiger partial charge >= 0.3 is 0 Å². The van der Waals surface area contributed by atoms with Gasteiger partial charge in [-0.25, -0.2) is 0 Å². The van der Waals surface area contributed by atoms with Crippen LogP contribution in [-0.4, -0.2) is 23.9 Å². The highest BCUT2D eigenvalue weighted by Gasteiger charge is 2.26. The summed E-state index contributed by atoms with van der Waals surface area (Å²) in [5, 5.41) is 0. The number of likely N-dealkylation sites (tertiary alicyclic amines) is 1. The summed E-state index contributed by atoms with van der Waals surface area (Å²) in [5.74, 6) is -0.159. The van der Waals surface area contributed by atoms with E-state index in [-0.39, 0.29) is 11.8 Å². The van der Waals surface area contributed by atoms with E-state index in [2.05, 4.69) is 4.90 Å². The van der Waals surface area contributed by atoms with Gasteiger partial charge in [0.25, 0.3) is 0 Å². The molecule has 0 aliphatic carbocycles. The molecule has 1 aromatic rings. The van der Waals surface area contributed by atoms with Gasteiger partial charge in [0.1, 0.15) is 0 Å². The van der Waals surface area contributed by atoms with Crippen LogP contribution in [0.2, 0.25) is 0 Å². The maximum Gasteiger partial charge on any atom is 0.221 e. The van der Waals surface area contributed by atoms with Crippen molar-refractivity contribution < 1.29 is 4.79 Å². The van der Waals surface area contributed by atoms with Crippen molar-refractivity contribution in [1.82, 2.24) is 4.90 Å². The second kappa shape index (κ2) is 4.53. The number of carbonyl (C=O) groups excluding carboxylic acids is 1. The van der Waals surface area contributed by atoms with Gasteiger partial charge in [0.05, 0.1) is 5.92 Å². The summed E-state index contributed by atoms with van der Waals surface area (Å²) in [6, 6.07) is 7.84. The van der Waals surface area contributed by atoms with Crippen LogP contribution in [0.3, 0.4) is 0 Å². The van der Waals surface area contributed by atoms with Gasteiger partial charge in [-0.2, -0.15) is 0 Å². The Hall–Kier alpha value is -1.55. The zero-order valence-electron chi connectivity index (χ0n) is 9.23. The molecule has 16 heavy (non-hydrogen) atoms. The predicted molar refractivity (Wildman–Crippen MR) is 63.4 cm³/mol. The van der Waals surface area contributed by atoms with Gasteiger partial charge in [-0.05, 0) is 30.7 Å². The Morgan fingerprint density at radius 2 is 2.06 bits per heavy atom. The van der Waals surface area contributed by atoms with E-state index in [9.17, 15) is 4.79 Å². The van der Waals surface area contributed by atoms with Crippen molar-refractivity contribution in [2.75, 3.05) is 18.8 Å². The van der Waals surface area contributed by atoms with Crippen molar-refractivity contribution in [3.8, 4) is 0 Å². The highest BCUT2D eigenvalue weighted by molar-refractivity contribution is 5.77. The maximum atomic E-state index is 11.0. The number of nitrogens with zero attached hydrogens (tertiary/aromatic N) is 1. The van der Waals surface area contributed by atoms with Gasteiger partial charge in [-0.15, -0.1) is 0 Å². The first-order valence-electron chi connectivity index (χ1n) is 5.51. The third-order valence-electron chi connectivity index (χ3n) is 3.06. The molecule has 1 aliphatic rings. The summed E-state index contributed by atoms with van der Waals surface area (Å²) in [6.45, 7) is 2.59. The number of hydrogen-bond donors (Lipinski definition) is 2. The Balaban J connectivity index is 1.92. The monoisotopic (exact) mass is 219 g/mol. The zero-order chi connectivity index (χ0) is 11.5. The van der Waals surface area contributed by atoms with Crippen molar-refractivity contribution >= 4 is 11.6 Å². The van der Waals surface area contributed by atoms with Gasteiger partial charge in [0.2, 0.25) is 5.91 Å². The fourth-order valence-corrected chi connectivity index (χ4v) is 2.09. The third kappa shape index (κ3) is 2.52. The van der Waals surface area contributed by atoms with Crippen molar-refractivity contribution in [3.05, 3.63) is 29.8 Å². The first-order chi connectivity index (χ1) is 7.65. The fraction of sp³-hybridized carbons (Fsp3) is 0.417. The lowest BCUT2D eigenvalue weighted by molar-refractivity contribution is -0.121. The van der Waals surface area contributed by atoms with Gasteiger partial charge in [-0.1, -0.05) is 12.1 Å². The highest BCUT2D eigenvalue weighted by Crippen LogP contribution is 2.18. The normalized spacial score (nSPS) is 21.1. The van der Waals surface area contributed by atoms with E-state index in [1.165, 1.54) is 5.56 Å². The molecule has 0 radical (unpaired) electrons. The van der Waals surface area contributed by atoms with E-state index in [4.69, 9.17) is 11.5 Å². The number of nitrogen functional groups attached to an aromatic ring is 1. The summed E-state index contributed by atoms with van der Waals surface area (Å²) in [6.07, 6.45) is 0.879. The minimum atomic E-state index is -0.181. The van der Waals surface area contributed by atoms with E-state index in [0.717, 1.165) is 31.7 Å². The predicted octanol–water partition coefficient (Wildman–Crippen LogP) is 0.576. The lowest BCUT2D eigenvalue weighted by Crippen LogP contribution is -2.27. The molecule has 2 rings (SSSR count). The second-order valence-electron chi connectivity index (χ2n) is 4.36. The van der Waals surface area contributed by atoms with Crippen LogP contribution in [0.1, 0.15) is 12.0 Å². The number of rotatable bonds is 3. The number of benzene rings is 1. The summed E-state index contributed by atoms with van der Waals surface area (Å²) < 4.78 is 0. The van der Waals surface area contributed by atoms with E-state index in [1.807, 2.05) is 24.3 Å².